The number of nitrogens with zero attached hydrogens (tertiary/aromatic N) is 2. The van der Waals surface area contributed by atoms with Crippen LogP contribution in [-0.4, -0.2) is 22.4 Å². The van der Waals surface area contributed by atoms with Gasteiger partial charge in [0, 0.05) is 30.7 Å². The molecule has 0 spiro atoms. The fourth-order valence-corrected chi connectivity index (χ4v) is 1.86. The Morgan fingerprint density at radius 3 is 2.67 bits per heavy atom. The molecule has 7 heteroatoms. The number of nitro benzene ring substituents is 1. The van der Waals surface area contributed by atoms with Crippen molar-refractivity contribution in [1.82, 2.24) is 10.3 Å². The number of nitrogens with two attached hydrogens (primary N) is 1. The van der Waals surface area contributed by atoms with Gasteiger partial charge >= 0.3 is 0 Å². The molecule has 0 aliphatic heterocycles. The summed E-state index contributed by atoms with van der Waals surface area (Å²) in [6.07, 6.45) is 3.95. The molecule has 0 unspecified atom stereocenters. The van der Waals surface area contributed by atoms with E-state index in [9.17, 15) is 14.9 Å². The van der Waals surface area contributed by atoms with E-state index in [2.05, 4.69) is 10.3 Å². The first-order chi connectivity index (χ1) is 10.1. The summed E-state index contributed by atoms with van der Waals surface area (Å²) in [4.78, 5) is 26.2. The molecule has 0 saturated carbocycles. The molecule has 1 aromatic carbocycles. The minimum Gasteiger partial charge on any atom is -0.399 e. The van der Waals surface area contributed by atoms with Gasteiger partial charge in [-0.1, -0.05) is 0 Å². The van der Waals surface area contributed by atoms with Crippen molar-refractivity contribution in [3.8, 4) is 0 Å². The van der Waals surface area contributed by atoms with Gasteiger partial charge in [0.25, 0.3) is 11.6 Å². The van der Waals surface area contributed by atoms with Crippen LogP contribution in [0.2, 0.25) is 0 Å². The molecular weight excluding hydrogens is 272 g/mol. The van der Waals surface area contributed by atoms with E-state index >= 15 is 0 Å². The maximum Gasteiger partial charge on any atom is 0.282 e. The highest BCUT2D eigenvalue weighted by molar-refractivity contribution is 5.99. The Balaban J connectivity index is 2.03. The van der Waals surface area contributed by atoms with Gasteiger partial charge in [0.2, 0.25) is 0 Å². The zero-order chi connectivity index (χ0) is 15.2. The van der Waals surface area contributed by atoms with Gasteiger partial charge in [-0.25, -0.2) is 0 Å². The number of anilines is 1. The molecule has 2 aromatic rings. The summed E-state index contributed by atoms with van der Waals surface area (Å²) in [5, 5.41) is 13.6. The van der Waals surface area contributed by atoms with Gasteiger partial charge in [0.15, 0.2) is 0 Å². The summed E-state index contributed by atoms with van der Waals surface area (Å²) in [6, 6.07) is 7.61. The molecule has 3 N–H and O–H groups in total. The van der Waals surface area contributed by atoms with Crippen molar-refractivity contribution in [3.63, 3.8) is 0 Å². The molecule has 0 radical (unpaired) electrons. The van der Waals surface area contributed by atoms with E-state index in [1.807, 2.05) is 12.1 Å². The predicted molar refractivity (Wildman–Crippen MR) is 77.8 cm³/mol. The quantitative estimate of drug-likeness (QED) is 0.492. The van der Waals surface area contributed by atoms with Gasteiger partial charge in [-0.2, -0.15) is 0 Å². The Kier molecular flexibility index (Phi) is 4.45. The molecule has 0 atom stereocenters. The van der Waals surface area contributed by atoms with E-state index < -0.39 is 10.8 Å². The number of carbonyl (C=O) groups is 1. The summed E-state index contributed by atoms with van der Waals surface area (Å²) in [5.41, 5.74) is 6.61. The van der Waals surface area contributed by atoms with Crippen LogP contribution in [0.3, 0.4) is 0 Å². The van der Waals surface area contributed by atoms with Gasteiger partial charge in [-0.3, -0.25) is 19.9 Å². The van der Waals surface area contributed by atoms with Gasteiger partial charge in [0.1, 0.15) is 5.56 Å². The third-order valence-corrected chi connectivity index (χ3v) is 2.91. The van der Waals surface area contributed by atoms with Crippen LogP contribution in [-0.2, 0) is 6.42 Å². The fraction of sp³-hybridized carbons (Fsp3) is 0.143. The number of benzene rings is 1. The number of nitro groups is 1. The third kappa shape index (κ3) is 3.75. The van der Waals surface area contributed by atoms with Gasteiger partial charge in [-0.05, 0) is 36.2 Å². The standard InChI is InChI=1S/C14H14N4O3/c15-11-1-2-13(18(20)21)12(9-11)14(19)17-8-5-10-3-6-16-7-4-10/h1-4,6-7,9H,5,8,15H2,(H,17,19). The van der Waals surface area contributed by atoms with Crippen LogP contribution in [0.15, 0.2) is 42.7 Å². The molecule has 0 bridgehead atoms. The molecule has 108 valence electrons. The van der Waals surface area contributed by atoms with Crippen molar-refractivity contribution < 1.29 is 9.72 Å². The average Bonchev–Trinajstić information content (AvgIpc) is 2.47. The zero-order valence-corrected chi connectivity index (χ0v) is 11.2. The summed E-state index contributed by atoms with van der Waals surface area (Å²) in [5.74, 6) is -0.511. The van der Waals surface area contributed by atoms with Crippen molar-refractivity contribution in [2.45, 2.75) is 6.42 Å². The molecule has 0 aliphatic rings. The second kappa shape index (κ2) is 6.47. The highest BCUT2D eigenvalue weighted by Crippen LogP contribution is 2.20. The first-order valence-electron chi connectivity index (χ1n) is 6.29. The van der Waals surface area contributed by atoms with Gasteiger partial charge in [-0.15, -0.1) is 0 Å². The van der Waals surface area contributed by atoms with Crippen LogP contribution in [0.1, 0.15) is 15.9 Å². The number of hydrogen-bond donors (Lipinski definition) is 2. The molecule has 0 saturated heterocycles. The smallest absolute Gasteiger partial charge is 0.282 e. The lowest BCUT2D eigenvalue weighted by molar-refractivity contribution is -0.385. The monoisotopic (exact) mass is 286 g/mol. The third-order valence-electron chi connectivity index (χ3n) is 2.91. The lowest BCUT2D eigenvalue weighted by Crippen LogP contribution is -2.26. The lowest BCUT2D eigenvalue weighted by atomic mass is 10.1. The molecule has 1 aromatic heterocycles. The number of hydrogen-bond acceptors (Lipinski definition) is 5. The maximum absolute atomic E-state index is 12.0. The first-order valence-corrected chi connectivity index (χ1v) is 6.29. The zero-order valence-electron chi connectivity index (χ0n) is 11.2. The van der Waals surface area contributed by atoms with Crippen LogP contribution in [0.5, 0.6) is 0 Å². The normalized spacial score (nSPS) is 10.1. The summed E-state index contributed by atoms with van der Waals surface area (Å²) in [7, 11) is 0. The van der Waals surface area contributed by atoms with E-state index in [0.717, 1.165) is 5.56 Å². The van der Waals surface area contributed by atoms with Crippen LogP contribution in [0.25, 0.3) is 0 Å². The highest BCUT2D eigenvalue weighted by Gasteiger charge is 2.19. The average molecular weight is 286 g/mol. The predicted octanol–water partition coefficient (Wildman–Crippen LogP) is 1.54. The number of carbonyl (C=O) groups excluding carboxylic acids is 1. The Bertz CT molecular complexity index is 659. The van der Waals surface area contributed by atoms with Crippen LogP contribution in [0.4, 0.5) is 11.4 Å². The highest BCUT2D eigenvalue weighted by atomic mass is 16.6. The number of rotatable bonds is 5. The van der Waals surface area contributed by atoms with Crippen molar-refractivity contribution >= 4 is 17.3 Å². The SMILES string of the molecule is Nc1ccc([N+](=O)[O-])c(C(=O)NCCc2ccncc2)c1. The number of aromatic nitrogens is 1. The van der Waals surface area contributed by atoms with E-state index in [1.54, 1.807) is 12.4 Å². The second-order valence-corrected chi connectivity index (χ2v) is 4.40. The van der Waals surface area contributed by atoms with E-state index in [0.29, 0.717) is 18.7 Å². The number of pyridine rings is 1. The molecule has 21 heavy (non-hydrogen) atoms. The van der Waals surface area contributed by atoms with Crippen LogP contribution >= 0.6 is 0 Å². The fourth-order valence-electron chi connectivity index (χ4n) is 1.86. The maximum atomic E-state index is 12.0. The molecular formula is C14H14N4O3. The number of nitrogens with one attached hydrogen (secondary N) is 1. The van der Waals surface area contributed by atoms with E-state index in [4.69, 9.17) is 5.73 Å². The first kappa shape index (κ1) is 14.4. The van der Waals surface area contributed by atoms with Crippen LogP contribution in [0, 0.1) is 10.1 Å². The van der Waals surface area contributed by atoms with Gasteiger partial charge < -0.3 is 11.1 Å². The minimum absolute atomic E-state index is 0.0327. The number of nitrogen functional groups attached to an aromatic ring is 1. The van der Waals surface area contributed by atoms with E-state index in [-0.39, 0.29) is 11.3 Å². The topological polar surface area (TPSA) is 111 Å². The van der Waals surface area contributed by atoms with Crippen molar-refractivity contribution in [1.29, 1.82) is 0 Å². The summed E-state index contributed by atoms with van der Waals surface area (Å²) < 4.78 is 0. The molecule has 1 heterocycles. The Morgan fingerprint density at radius 1 is 1.29 bits per heavy atom. The van der Waals surface area contributed by atoms with Crippen molar-refractivity contribution in [3.05, 3.63) is 64.0 Å². The Morgan fingerprint density at radius 2 is 2.00 bits per heavy atom. The van der Waals surface area contributed by atoms with Crippen molar-refractivity contribution in [2.75, 3.05) is 12.3 Å². The largest absolute Gasteiger partial charge is 0.399 e. The second-order valence-electron chi connectivity index (χ2n) is 4.40. The summed E-state index contributed by atoms with van der Waals surface area (Å²) >= 11 is 0. The van der Waals surface area contributed by atoms with Gasteiger partial charge in [0.05, 0.1) is 4.92 Å². The van der Waals surface area contributed by atoms with Crippen molar-refractivity contribution in [2.24, 2.45) is 0 Å². The minimum atomic E-state index is -0.600. The Labute approximate surface area is 121 Å². The lowest BCUT2D eigenvalue weighted by Gasteiger charge is -2.06. The molecule has 1 amide bonds. The molecule has 0 aliphatic carbocycles. The Hall–Kier alpha value is -2.96. The summed E-state index contributed by atoms with van der Waals surface area (Å²) in [6.45, 7) is 0.370. The van der Waals surface area contributed by atoms with Crippen LogP contribution < -0.4 is 11.1 Å². The molecule has 0 fully saturated rings. The number of amides is 1. The molecule has 7 nitrogen and oxygen atoms in total. The molecule has 2 rings (SSSR count). The van der Waals surface area contributed by atoms with E-state index in [1.165, 1.54) is 18.2 Å².